The number of hydrogen-bond donors (Lipinski definition) is 3. The first kappa shape index (κ1) is 14.0. The van der Waals surface area contributed by atoms with Crippen molar-refractivity contribution in [2.24, 2.45) is 0 Å². The third-order valence-corrected chi connectivity index (χ3v) is 3.54. The number of hydrogen-bond acceptors (Lipinski definition) is 5. The first-order valence-corrected chi connectivity index (χ1v) is 6.42. The molecule has 0 spiro atoms. The second kappa shape index (κ2) is 5.29. The number of carbonyl (C=O) groups is 4. The maximum atomic E-state index is 11.8. The van der Waals surface area contributed by atoms with Crippen molar-refractivity contribution < 1.29 is 24.3 Å². The second-order valence-corrected chi connectivity index (χ2v) is 5.35. The topological polar surface area (TPSA) is 116 Å². The predicted molar refractivity (Wildman–Crippen MR) is 69.8 cm³/mol. The summed E-state index contributed by atoms with van der Waals surface area (Å²) in [4.78, 5) is 46.9. The molecule has 1 aliphatic rings. The SMILES string of the molecule is Cc1cc(C(=O)O)c(NC(=O)CN2C(=O)CNC2=O)s1. The van der Waals surface area contributed by atoms with Crippen LogP contribution in [0.25, 0.3) is 0 Å². The number of aromatic carboxylic acids is 1. The van der Waals surface area contributed by atoms with Crippen molar-refractivity contribution >= 4 is 40.2 Å². The predicted octanol–water partition coefficient (Wildman–Crippen LogP) is 0.245. The van der Waals surface area contributed by atoms with E-state index < -0.39 is 30.4 Å². The number of anilines is 1. The van der Waals surface area contributed by atoms with Gasteiger partial charge in [-0.05, 0) is 13.0 Å². The quantitative estimate of drug-likeness (QED) is 0.689. The van der Waals surface area contributed by atoms with Crippen LogP contribution in [0.3, 0.4) is 0 Å². The number of carboxylic acids is 1. The van der Waals surface area contributed by atoms with E-state index in [4.69, 9.17) is 5.11 Å². The van der Waals surface area contributed by atoms with E-state index in [2.05, 4.69) is 10.6 Å². The Morgan fingerprint density at radius 1 is 1.50 bits per heavy atom. The summed E-state index contributed by atoms with van der Waals surface area (Å²) in [6.45, 7) is 1.13. The zero-order valence-electron chi connectivity index (χ0n) is 10.4. The molecular formula is C11H11N3O5S. The van der Waals surface area contributed by atoms with Gasteiger partial charge in [-0.3, -0.25) is 14.5 Å². The van der Waals surface area contributed by atoms with Crippen LogP contribution in [-0.4, -0.2) is 46.9 Å². The Labute approximate surface area is 117 Å². The Kier molecular flexibility index (Phi) is 3.70. The number of rotatable bonds is 4. The maximum Gasteiger partial charge on any atom is 0.338 e. The monoisotopic (exact) mass is 297 g/mol. The largest absolute Gasteiger partial charge is 0.478 e. The molecule has 0 unspecified atom stereocenters. The molecule has 0 aromatic carbocycles. The molecule has 0 saturated carbocycles. The Balaban J connectivity index is 2.07. The van der Waals surface area contributed by atoms with E-state index in [0.717, 1.165) is 21.1 Å². The van der Waals surface area contributed by atoms with E-state index in [9.17, 15) is 19.2 Å². The molecule has 1 fully saturated rings. The van der Waals surface area contributed by atoms with Gasteiger partial charge < -0.3 is 15.7 Å². The summed E-state index contributed by atoms with van der Waals surface area (Å²) in [5.41, 5.74) is -0.0157. The van der Waals surface area contributed by atoms with Gasteiger partial charge in [-0.15, -0.1) is 11.3 Å². The number of carboxylic acid groups (broad SMARTS) is 1. The number of thiophene rings is 1. The highest BCUT2D eigenvalue weighted by Gasteiger charge is 2.30. The Morgan fingerprint density at radius 3 is 2.75 bits per heavy atom. The molecule has 0 bridgehead atoms. The average Bonchev–Trinajstić information content (AvgIpc) is 2.86. The molecule has 1 aromatic heterocycles. The number of carbonyl (C=O) groups excluding carboxylic acids is 3. The van der Waals surface area contributed by atoms with Crippen LogP contribution >= 0.6 is 11.3 Å². The summed E-state index contributed by atoms with van der Waals surface area (Å²) in [5.74, 6) is -2.27. The van der Waals surface area contributed by atoms with Gasteiger partial charge in [0.25, 0.3) is 5.91 Å². The number of nitrogens with zero attached hydrogens (tertiary/aromatic N) is 1. The van der Waals surface area contributed by atoms with Crippen molar-refractivity contribution in [2.75, 3.05) is 18.4 Å². The van der Waals surface area contributed by atoms with Crippen molar-refractivity contribution in [2.45, 2.75) is 6.92 Å². The standard InChI is InChI=1S/C11H11N3O5S/c1-5-2-6(10(17)18)9(20-5)13-7(15)4-14-8(16)3-12-11(14)19/h2H,3-4H2,1H3,(H,12,19)(H,13,15)(H,17,18). The molecule has 2 heterocycles. The van der Waals surface area contributed by atoms with Crippen LogP contribution in [0.2, 0.25) is 0 Å². The average molecular weight is 297 g/mol. The fraction of sp³-hybridized carbons (Fsp3) is 0.273. The van der Waals surface area contributed by atoms with Crippen molar-refractivity contribution in [1.82, 2.24) is 10.2 Å². The molecule has 3 N–H and O–H groups in total. The summed E-state index contributed by atoms with van der Waals surface area (Å²) in [5, 5.41) is 13.9. The van der Waals surface area contributed by atoms with Gasteiger partial charge in [0, 0.05) is 4.88 Å². The molecular weight excluding hydrogens is 286 g/mol. The van der Waals surface area contributed by atoms with Crippen molar-refractivity contribution in [3.05, 3.63) is 16.5 Å². The van der Waals surface area contributed by atoms with Gasteiger partial charge in [-0.1, -0.05) is 0 Å². The van der Waals surface area contributed by atoms with Crippen molar-refractivity contribution in [1.29, 1.82) is 0 Å². The van der Waals surface area contributed by atoms with Crippen LogP contribution in [0.15, 0.2) is 6.07 Å². The highest BCUT2D eigenvalue weighted by Crippen LogP contribution is 2.27. The summed E-state index contributed by atoms with van der Waals surface area (Å²) >= 11 is 1.11. The van der Waals surface area contributed by atoms with Gasteiger partial charge in [-0.2, -0.15) is 0 Å². The Hall–Kier alpha value is -2.42. The van der Waals surface area contributed by atoms with E-state index in [0.29, 0.717) is 0 Å². The van der Waals surface area contributed by atoms with Gasteiger partial charge in [0.05, 0.1) is 12.1 Å². The molecule has 8 nitrogen and oxygen atoms in total. The van der Waals surface area contributed by atoms with E-state index >= 15 is 0 Å². The first-order chi connectivity index (χ1) is 9.38. The highest BCUT2D eigenvalue weighted by atomic mass is 32.1. The lowest BCUT2D eigenvalue weighted by molar-refractivity contribution is -0.128. The van der Waals surface area contributed by atoms with E-state index in [-0.39, 0.29) is 17.1 Å². The minimum Gasteiger partial charge on any atom is -0.478 e. The van der Waals surface area contributed by atoms with Gasteiger partial charge >= 0.3 is 12.0 Å². The lowest BCUT2D eigenvalue weighted by Crippen LogP contribution is -2.38. The summed E-state index contributed by atoms with van der Waals surface area (Å²) in [7, 11) is 0. The minimum atomic E-state index is -1.15. The smallest absolute Gasteiger partial charge is 0.338 e. The lowest BCUT2D eigenvalue weighted by Gasteiger charge is -2.11. The van der Waals surface area contributed by atoms with E-state index in [1.165, 1.54) is 6.07 Å². The third kappa shape index (κ3) is 2.77. The molecule has 0 aliphatic carbocycles. The molecule has 20 heavy (non-hydrogen) atoms. The first-order valence-electron chi connectivity index (χ1n) is 5.60. The molecule has 2 rings (SSSR count). The van der Waals surface area contributed by atoms with Crippen LogP contribution in [0, 0.1) is 6.92 Å². The summed E-state index contributed by atoms with van der Waals surface area (Å²) in [6, 6.07) is 0.807. The molecule has 1 aromatic rings. The van der Waals surface area contributed by atoms with Crippen LogP contribution in [0.5, 0.6) is 0 Å². The van der Waals surface area contributed by atoms with Gasteiger partial charge in [-0.25, -0.2) is 9.59 Å². The van der Waals surface area contributed by atoms with Crippen LogP contribution in [-0.2, 0) is 9.59 Å². The van der Waals surface area contributed by atoms with E-state index in [1.54, 1.807) is 6.92 Å². The van der Waals surface area contributed by atoms with Gasteiger partial charge in [0.1, 0.15) is 11.5 Å². The minimum absolute atomic E-state index is 0.0157. The zero-order valence-corrected chi connectivity index (χ0v) is 11.2. The van der Waals surface area contributed by atoms with Crippen LogP contribution in [0.4, 0.5) is 9.80 Å². The Bertz CT molecular complexity index is 593. The van der Waals surface area contributed by atoms with Gasteiger partial charge in [0.2, 0.25) is 5.91 Å². The Morgan fingerprint density at radius 2 is 2.20 bits per heavy atom. The van der Waals surface area contributed by atoms with Crippen LogP contribution < -0.4 is 10.6 Å². The third-order valence-electron chi connectivity index (χ3n) is 2.58. The van der Waals surface area contributed by atoms with Crippen molar-refractivity contribution in [3.8, 4) is 0 Å². The number of aryl methyl sites for hydroxylation is 1. The number of amides is 4. The van der Waals surface area contributed by atoms with Crippen molar-refractivity contribution in [3.63, 3.8) is 0 Å². The molecule has 1 saturated heterocycles. The lowest BCUT2D eigenvalue weighted by atomic mass is 10.3. The molecule has 106 valence electrons. The van der Waals surface area contributed by atoms with E-state index in [1.807, 2.05) is 0 Å². The molecule has 0 atom stereocenters. The summed E-state index contributed by atoms with van der Waals surface area (Å²) < 4.78 is 0. The zero-order chi connectivity index (χ0) is 14.9. The highest BCUT2D eigenvalue weighted by molar-refractivity contribution is 7.16. The van der Waals surface area contributed by atoms with Crippen LogP contribution in [0.1, 0.15) is 15.2 Å². The molecule has 0 radical (unpaired) electrons. The number of urea groups is 1. The number of imide groups is 1. The second-order valence-electron chi connectivity index (χ2n) is 4.09. The summed E-state index contributed by atoms with van der Waals surface area (Å²) in [6.07, 6.45) is 0. The van der Waals surface area contributed by atoms with Gasteiger partial charge in [0.15, 0.2) is 0 Å². The molecule has 9 heteroatoms. The molecule has 1 aliphatic heterocycles. The number of nitrogens with one attached hydrogen (secondary N) is 2. The fourth-order valence-corrected chi connectivity index (χ4v) is 2.61. The molecule has 4 amide bonds. The normalized spacial score (nSPS) is 14.3. The maximum absolute atomic E-state index is 11.8. The fourth-order valence-electron chi connectivity index (χ4n) is 1.69.